The molecule has 0 fully saturated rings. The molecule has 8 nitrogen and oxygen atoms in total. The van der Waals surface area contributed by atoms with Crippen LogP contribution in [0.15, 0.2) is 42.5 Å². The van der Waals surface area contributed by atoms with E-state index in [1.54, 1.807) is 45.0 Å². The molecule has 3 amide bonds. The smallest absolute Gasteiger partial charge is 0.408 e. The zero-order valence-corrected chi connectivity index (χ0v) is 21.8. The monoisotopic (exact) mass is 503 g/mol. The highest BCUT2D eigenvalue weighted by atomic mass is 35.5. The Morgan fingerprint density at radius 2 is 1.71 bits per heavy atom. The summed E-state index contributed by atoms with van der Waals surface area (Å²) in [6.45, 7) is 9.85. The normalized spacial score (nSPS) is 12.9. The number of anilines is 1. The molecule has 3 N–H and O–H groups in total. The first kappa shape index (κ1) is 28.1. The molecular weight excluding hydrogens is 470 g/mol. The number of carbonyl (C=O) groups excluding carboxylic acids is 3. The predicted octanol–water partition coefficient (Wildman–Crippen LogP) is 4.37. The van der Waals surface area contributed by atoms with Gasteiger partial charge in [-0.3, -0.25) is 9.59 Å². The van der Waals surface area contributed by atoms with Crippen LogP contribution in [-0.2, 0) is 14.3 Å². The van der Waals surface area contributed by atoms with Crippen molar-refractivity contribution in [3.05, 3.63) is 64.2 Å². The minimum absolute atomic E-state index is 0.132. The summed E-state index contributed by atoms with van der Waals surface area (Å²) in [7, 11) is 0. The maximum Gasteiger partial charge on any atom is 0.408 e. The second-order valence-electron chi connectivity index (χ2n) is 9.36. The van der Waals surface area contributed by atoms with Crippen molar-refractivity contribution >= 4 is 35.2 Å². The molecule has 0 spiro atoms. The number of halogens is 1. The van der Waals surface area contributed by atoms with Gasteiger partial charge in [0.05, 0.1) is 17.3 Å². The molecule has 0 aliphatic rings. The van der Waals surface area contributed by atoms with Crippen molar-refractivity contribution in [2.24, 2.45) is 0 Å². The third-order valence-electron chi connectivity index (χ3n) is 5.15. The number of hydrogen-bond acceptors (Lipinski definition) is 5. The molecule has 0 aromatic heterocycles. The van der Waals surface area contributed by atoms with Gasteiger partial charge in [0.2, 0.25) is 5.91 Å². The van der Waals surface area contributed by atoms with Gasteiger partial charge >= 0.3 is 6.09 Å². The van der Waals surface area contributed by atoms with Crippen LogP contribution in [0.3, 0.4) is 0 Å². The van der Waals surface area contributed by atoms with Crippen molar-refractivity contribution in [3.8, 4) is 0 Å². The lowest BCUT2D eigenvalue weighted by atomic mass is 10.0. The molecule has 0 aliphatic carbocycles. The number of aryl methyl sites for hydroxylation is 2. The number of aliphatic hydroxyl groups is 1. The Hall–Kier alpha value is -3.10. The fraction of sp³-hybridized carbons (Fsp3) is 0.423. The minimum atomic E-state index is -1.09. The Kier molecular flexibility index (Phi) is 9.68. The van der Waals surface area contributed by atoms with Crippen LogP contribution in [0.1, 0.15) is 50.4 Å². The Morgan fingerprint density at radius 3 is 2.26 bits per heavy atom. The second kappa shape index (κ2) is 12.0. The van der Waals surface area contributed by atoms with Gasteiger partial charge in [-0.1, -0.05) is 53.6 Å². The van der Waals surface area contributed by atoms with Gasteiger partial charge in [0.1, 0.15) is 17.7 Å². The van der Waals surface area contributed by atoms with Crippen LogP contribution in [0.25, 0.3) is 0 Å². The highest BCUT2D eigenvalue weighted by molar-refractivity contribution is 6.34. The van der Waals surface area contributed by atoms with Crippen molar-refractivity contribution in [3.63, 3.8) is 0 Å². The van der Waals surface area contributed by atoms with Gasteiger partial charge in [-0.2, -0.15) is 0 Å². The number of ether oxygens (including phenoxy) is 1. The molecule has 2 rings (SSSR count). The van der Waals surface area contributed by atoms with Crippen LogP contribution in [0.5, 0.6) is 0 Å². The van der Waals surface area contributed by atoms with Crippen LogP contribution in [0, 0.1) is 13.8 Å². The van der Waals surface area contributed by atoms with E-state index in [2.05, 4.69) is 10.6 Å². The number of hydrogen-bond donors (Lipinski definition) is 3. The summed E-state index contributed by atoms with van der Waals surface area (Å²) in [5.41, 5.74) is 1.98. The summed E-state index contributed by atoms with van der Waals surface area (Å²) < 4.78 is 5.25. The minimum Gasteiger partial charge on any atom is -0.444 e. The molecule has 190 valence electrons. The van der Waals surface area contributed by atoms with E-state index in [0.29, 0.717) is 16.3 Å². The number of alkyl carbamates (subject to hydrolysis) is 1. The number of carbonyl (C=O) groups is 3. The lowest BCUT2D eigenvalue weighted by Gasteiger charge is -2.33. The predicted molar refractivity (Wildman–Crippen MR) is 136 cm³/mol. The van der Waals surface area contributed by atoms with E-state index >= 15 is 0 Å². The number of para-hydroxylation sites is 1. The molecular formula is C26H34ClN3O5. The number of rotatable bonds is 8. The van der Waals surface area contributed by atoms with Crippen molar-refractivity contribution in [2.75, 3.05) is 18.5 Å². The first-order valence-corrected chi connectivity index (χ1v) is 11.7. The second-order valence-corrected chi connectivity index (χ2v) is 9.76. The molecule has 0 bridgehead atoms. The van der Waals surface area contributed by atoms with E-state index in [-0.39, 0.29) is 13.2 Å². The van der Waals surface area contributed by atoms with Gasteiger partial charge < -0.3 is 25.4 Å². The lowest BCUT2D eigenvalue weighted by molar-refractivity contribution is -0.141. The van der Waals surface area contributed by atoms with Crippen molar-refractivity contribution < 1.29 is 24.2 Å². The summed E-state index contributed by atoms with van der Waals surface area (Å²) in [6.07, 6.45) is -0.759. The average Bonchev–Trinajstić information content (AvgIpc) is 2.75. The molecule has 2 aromatic carbocycles. The standard InChI is InChI=1S/C26H34ClN3O5/c1-16-10-12-19(13-11-16)22(23(32)29-21-17(2)8-7-9-20(21)27)30(14-15-31)24(33)18(3)28-25(34)35-26(4,5)6/h7-13,18,22,31H,14-15H2,1-6H3,(H,28,34)(H,29,32). The highest BCUT2D eigenvalue weighted by Crippen LogP contribution is 2.29. The zero-order chi connectivity index (χ0) is 26.3. The molecule has 0 heterocycles. The van der Waals surface area contributed by atoms with Gasteiger partial charge in [-0.25, -0.2) is 4.79 Å². The number of nitrogens with zero attached hydrogens (tertiary/aromatic N) is 1. The number of nitrogens with one attached hydrogen (secondary N) is 2. The van der Waals surface area contributed by atoms with Crippen LogP contribution < -0.4 is 10.6 Å². The van der Waals surface area contributed by atoms with E-state index in [1.165, 1.54) is 11.8 Å². The Morgan fingerprint density at radius 1 is 1.09 bits per heavy atom. The third kappa shape index (κ3) is 7.97. The SMILES string of the molecule is Cc1ccc(C(C(=O)Nc2c(C)cccc2Cl)N(CCO)C(=O)C(C)NC(=O)OC(C)(C)C)cc1. The summed E-state index contributed by atoms with van der Waals surface area (Å²) in [5.74, 6) is -1.06. The molecule has 2 aromatic rings. The Balaban J connectivity index is 2.42. The third-order valence-corrected chi connectivity index (χ3v) is 5.47. The molecule has 0 saturated carbocycles. The van der Waals surface area contributed by atoms with Crippen LogP contribution in [-0.4, -0.2) is 52.7 Å². The van der Waals surface area contributed by atoms with Crippen molar-refractivity contribution in [1.29, 1.82) is 0 Å². The number of amides is 3. The maximum absolute atomic E-state index is 13.6. The Bertz CT molecular complexity index is 1030. The van der Waals surface area contributed by atoms with Gasteiger partial charge in [-0.05, 0) is 58.7 Å². The summed E-state index contributed by atoms with van der Waals surface area (Å²) in [5, 5.41) is 15.5. The highest BCUT2D eigenvalue weighted by Gasteiger charge is 2.35. The lowest BCUT2D eigenvalue weighted by Crippen LogP contribution is -2.52. The molecule has 2 atom stereocenters. The fourth-order valence-corrected chi connectivity index (χ4v) is 3.74. The number of aliphatic hydroxyl groups excluding tert-OH is 1. The van der Waals surface area contributed by atoms with Gasteiger partial charge in [-0.15, -0.1) is 0 Å². The van der Waals surface area contributed by atoms with Crippen LogP contribution in [0.2, 0.25) is 5.02 Å². The average molecular weight is 504 g/mol. The molecule has 9 heteroatoms. The maximum atomic E-state index is 13.6. The van der Waals surface area contributed by atoms with E-state index in [1.807, 2.05) is 32.0 Å². The summed E-state index contributed by atoms with van der Waals surface area (Å²) in [4.78, 5) is 40.5. The largest absolute Gasteiger partial charge is 0.444 e. The first-order chi connectivity index (χ1) is 16.3. The van der Waals surface area contributed by atoms with E-state index in [9.17, 15) is 19.5 Å². The summed E-state index contributed by atoms with van der Waals surface area (Å²) in [6, 6.07) is 10.3. The fourth-order valence-electron chi connectivity index (χ4n) is 3.47. The topological polar surface area (TPSA) is 108 Å². The van der Waals surface area contributed by atoms with Gasteiger partial charge in [0, 0.05) is 6.54 Å². The number of benzene rings is 2. The zero-order valence-electron chi connectivity index (χ0n) is 21.0. The Labute approximate surface area is 211 Å². The molecule has 0 aliphatic heterocycles. The van der Waals surface area contributed by atoms with E-state index < -0.39 is 35.6 Å². The van der Waals surface area contributed by atoms with Crippen molar-refractivity contribution in [1.82, 2.24) is 10.2 Å². The van der Waals surface area contributed by atoms with Crippen molar-refractivity contribution in [2.45, 2.75) is 59.2 Å². The van der Waals surface area contributed by atoms with Crippen LogP contribution >= 0.6 is 11.6 Å². The van der Waals surface area contributed by atoms with Gasteiger partial charge in [0.25, 0.3) is 5.91 Å². The van der Waals surface area contributed by atoms with E-state index in [0.717, 1.165) is 11.1 Å². The molecule has 0 radical (unpaired) electrons. The molecule has 2 unspecified atom stereocenters. The summed E-state index contributed by atoms with van der Waals surface area (Å²) >= 11 is 6.31. The van der Waals surface area contributed by atoms with E-state index in [4.69, 9.17) is 16.3 Å². The first-order valence-electron chi connectivity index (χ1n) is 11.4. The van der Waals surface area contributed by atoms with Crippen LogP contribution in [0.4, 0.5) is 10.5 Å². The quantitative estimate of drug-likeness (QED) is 0.495. The molecule has 0 saturated heterocycles. The van der Waals surface area contributed by atoms with Gasteiger partial charge in [0.15, 0.2) is 0 Å². The molecule has 35 heavy (non-hydrogen) atoms.